The van der Waals surface area contributed by atoms with Gasteiger partial charge in [-0.25, -0.2) is 5.48 Å². The minimum absolute atomic E-state index is 0.00278. The first kappa shape index (κ1) is 17.9. The average molecular weight is 353 g/mol. The van der Waals surface area contributed by atoms with Gasteiger partial charge in [0.2, 0.25) is 5.91 Å². The largest absolute Gasteiger partial charge is 0.380 e. The van der Waals surface area contributed by atoms with Gasteiger partial charge in [0.1, 0.15) is 0 Å². The van der Waals surface area contributed by atoms with E-state index >= 15 is 0 Å². The van der Waals surface area contributed by atoms with Crippen LogP contribution in [0.4, 0.5) is 5.69 Å². The van der Waals surface area contributed by atoms with Gasteiger partial charge in [0, 0.05) is 24.2 Å². The highest BCUT2D eigenvalue weighted by atomic mass is 16.5. The number of benzene rings is 2. The van der Waals surface area contributed by atoms with Gasteiger partial charge in [0.25, 0.3) is 5.91 Å². The fraction of sp³-hybridized carbons (Fsp3) is 0.300. The Morgan fingerprint density at radius 1 is 1.12 bits per heavy atom. The van der Waals surface area contributed by atoms with Gasteiger partial charge in [-0.3, -0.25) is 14.8 Å². The molecule has 3 N–H and O–H groups in total. The lowest BCUT2D eigenvalue weighted by Crippen LogP contribution is -2.43. The maximum absolute atomic E-state index is 12.6. The summed E-state index contributed by atoms with van der Waals surface area (Å²) in [5, 5.41) is 12.0. The molecule has 2 aromatic carbocycles. The summed E-state index contributed by atoms with van der Waals surface area (Å²) in [4.78, 5) is 25.9. The number of hydrogen-bond acceptors (Lipinski definition) is 4. The van der Waals surface area contributed by atoms with Crippen LogP contribution in [0.2, 0.25) is 0 Å². The zero-order valence-corrected chi connectivity index (χ0v) is 14.9. The summed E-state index contributed by atoms with van der Waals surface area (Å²) in [6.45, 7) is 4.73. The Morgan fingerprint density at radius 3 is 2.38 bits per heavy atom. The lowest BCUT2D eigenvalue weighted by atomic mass is 9.92. The molecule has 136 valence electrons. The van der Waals surface area contributed by atoms with E-state index in [1.165, 1.54) is 0 Å². The van der Waals surface area contributed by atoms with E-state index in [4.69, 9.17) is 5.21 Å². The summed E-state index contributed by atoms with van der Waals surface area (Å²) >= 11 is 0. The fourth-order valence-corrected chi connectivity index (χ4v) is 3.36. The molecule has 6 nitrogen and oxygen atoms in total. The minimum atomic E-state index is -0.552. The molecule has 2 aromatic rings. The molecule has 1 aliphatic heterocycles. The number of carbonyl (C=O) groups is 2. The van der Waals surface area contributed by atoms with Crippen LogP contribution in [0, 0.1) is 0 Å². The molecule has 1 unspecified atom stereocenters. The van der Waals surface area contributed by atoms with Gasteiger partial charge in [-0.2, -0.15) is 0 Å². The van der Waals surface area contributed by atoms with E-state index in [9.17, 15) is 9.59 Å². The van der Waals surface area contributed by atoms with E-state index < -0.39 is 5.91 Å². The molecule has 0 bridgehead atoms. The van der Waals surface area contributed by atoms with Crippen molar-refractivity contribution in [3.05, 3.63) is 65.7 Å². The molecule has 3 rings (SSSR count). The third-order valence-corrected chi connectivity index (χ3v) is 4.90. The van der Waals surface area contributed by atoms with Gasteiger partial charge < -0.3 is 10.2 Å². The maximum Gasteiger partial charge on any atom is 0.274 e. The summed E-state index contributed by atoms with van der Waals surface area (Å²) in [6, 6.07) is 16.8. The van der Waals surface area contributed by atoms with E-state index in [-0.39, 0.29) is 17.5 Å². The van der Waals surface area contributed by atoms with Crippen molar-refractivity contribution in [3.63, 3.8) is 0 Å². The molecule has 0 aliphatic carbocycles. The number of hydroxylamine groups is 1. The van der Waals surface area contributed by atoms with Crippen LogP contribution in [0.25, 0.3) is 0 Å². The zero-order chi connectivity index (χ0) is 18.7. The second-order valence-corrected chi connectivity index (χ2v) is 6.99. The van der Waals surface area contributed by atoms with Crippen molar-refractivity contribution in [3.8, 4) is 0 Å². The number of rotatable bonds is 5. The van der Waals surface area contributed by atoms with Crippen LogP contribution in [0.1, 0.15) is 36.2 Å². The molecule has 1 saturated heterocycles. The smallest absolute Gasteiger partial charge is 0.274 e. The number of anilines is 1. The van der Waals surface area contributed by atoms with Crippen molar-refractivity contribution in [2.75, 3.05) is 11.9 Å². The van der Waals surface area contributed by atoms with Gasteiger partial charge in [0.05, 0.1) is 11.6 Å². The molecule has 1 atom stereocenters. The highest BCUT2D eigenvalue weighted by Crippen LogP contribution is 2.32. The van der Waals surface area contributed by atoms with Gasteiger partial charge in [-0.15, -0.1) is 0 Å². The van der Waals surface area contributed by atoms with Crippen molar-refractivity contribution in [1.29, 1.82) is 0 Å². The summed E-state index contributed by atoms with van der Waals surface area (Å²) in [7, 11) is 0. The lowest BCUT2D eigenvalue weighted by molar-refractivity contribution is -0.132. The molecular formula is C20H23N3O3. The Bertz CT molecular complexity index is 788. The molecule has 2 amide bonds. The van der Waals surface area contributed by atoms with Crippen LogP contribution in [0.5, 0.6) is 0 Å². The summed E-state index contributed by atoms with van der Waals surface area (Å²) in [5.41, 5.74) is 3.53. The van der Waals surface area contributed by atoms with Crippen LogP contribution < -0.4 is 10.8 Å². The molecule has 1 aliphatic rings. The van der Waals surface area contributed by atoms with Crippen molar-refractivity contribution >= 4 is 17.5 Å². The number of likely N-dealkylation sites (tertiary alicyclic amines) is 1. The molecule has 0 aromatic heterocycles. The molecule has 6 heteroatoms. The van der Waals surface area contributed by atoms with Crippen LogP contribution in [-0.4, -0.2) is 34.5 Å². The highest BCUT2D eigenvalue weighted by molar-refractivity contribution is 5.93. The Kier molecular flexibility index (Phi) is 4.95. The molecular weight excluding hydrogens is 330 g/mol. The Morgan fingerprint density at radius 2 is 1.77 bits per heavy atom. The van der Waals surface area contributed by atoms with E-state index in [2.05, 4.69) is 19.2 Å². The van der Waals surface area contributed by atoms with E-state index in [0.29, 0.717) is 18.5 Å². The van der Waals surface area contributed by atoms with Gasteiger partial charge in [-0.05, 0) is 43.7 Å². The lowest BCUT2D eigenvalue weighted by Gasteiger charge is -2.36. The molecule has 0 saturated carbocycles. The van der Waals surface area contributed by atoms with Crippen LogP contribution >= 0.6 is 0 Å². The van der Waals surface area contributed by atoms with Crippen molar-refractivity contribution in [2.45, 2.75) is 31.8 Å². The second kappa shape index (κ2) is 7.17. The molecule has 1 heterocycles. The summed E-state index contributed by atoms with van der Waals surface area (Å²) in [5.74, 6) is -0.434. The predicted molar refractivity (Wildman–Crippen MR) is 98.9 cm³/mol. The molecule has 26 heavy (non-hydrogen) atoms. The topological polar surface area (TPSA) is 81.7 Å². The first-order chi connectivity index (χ1) is 12.4. The SMILES string of the molecule is CC(C)(c1ccccc1)N1CC(Nc2ccc(C(=O)NO)cc2)CC1=O. The fourth-order valence-electron chi connectivity index (χ4n) is 3.36. The van der Waals surface area contributed by atoms with E-state index in [0.717, 1.165) is 11.3 Å². The predicted octanol–water partition coefficient (Wildman–Crippen LogP) is 2.75. The monoisotopic (exact) mass is 353 g/mol. The number of hydrogen-bond donors (Lipinski definition) is 3. The molecule has 0 spiro atoms. The summed E-state index contributed by atoms with van der Waals surface area (Å²) < 4.78 is 0. The van der Waals surface area contributed by atoms with E-state index in [1.54, 1.807) is 29.7 Å². The summed E-state index contributed by atoms with van der Waals surface area (Å²) in [6.07, 6.45) is 0.426. The standard InChI is InChI=1S/C20H23N3O3/c1-20(2,15-6-4-3-5-7-15)23-13-17(12-18(23)24)21-16-10-8-14(9-11-16)19(25)22-26/h3-11,17,21,26H,12-13H2,1-2H3,(H,22,25). The maximum atomic E-state index is 12.6. The van der Waals surface area contributed by atoms with Crippen molar-refractivity contribution in [1.82, 2.24) is 10.4 Å². The van der Waals surface area contributed by atoms with Crippen LogP contribution in [-0.2, 0) is 10.3 Å². The zero-order valence-electron chi connectivity index (χ0n) is 14.9. The first-order valence-corrected chi connectivity index (χ1v) is 8.59. The number of nitrogens with zero attached hydrogens (tertiary/aromatic N) is 1. The third kappa shape index (κ3) is 3.55. The normalized spacial score (nSPS) is 17.3. The Labute approximate surface area is 152 Å². The quantitative estimate of drug-likeness (QED) is 0.570. The average Bonchev–Trinajstić information content (AvgIpc) is 3.03. The minimum Gasteiger partial charge on any atom is -0.380 e. The second-order valence-electron chi connectivity index (χ2n) is 6.99. The van der Waals surface area contributed by atoms with Crippen LogP contribution in [0.15, 0.2) is 54.6 Å². The Balaban J connectivity index is 1.69. The molecule has 0 radical (unpaired) electrons. The third-order valence-electron chi connectivity index (χ3n) is 4.90. The molecule has 1 fully saturated rings. The van der Waals surface area contributed by atoms with Crippen molar-refractivity contribution in [2.24, 2.45) is 0 Å². The van der Waals surface area contributed by atoms with E-state index in [1.807, 2.05) is 35.2 Å². The van der Waals surface area contributed by atoms with Crippen LogP contribution in [0.3, 0.4) is 0 Å². The first-order valence-electron chi connectivity index (χ1n) is 8.59. The number of amides is 2. The van der Waals surface area contributed by atoms with Crippen molar-refractivity contribution < 1.29 is 14.8 Å². The highest BCUT2D eigenvalue weighted by Gasteiger charge is 2.39. The van der Waals surface area contributed by atoms with Gasteiger partial charge in [-0.1, -0.05) is 30.3 Å². The van der Waals surface area contributed by atoms with Gasteiger partial charge >= 0.3 is 0 Å². The Hall–Kier alpha value is -2.86. The number of carbonyl (C=O) groups excluding carboxylic acids is 2. The van der Waals surface area contributed by atoms with Gasteiger partial charge in [0.15, 0.2) is 0 Å². The number of nitrogens with one attached hydrogen (secondary N) is 2.